The number of methoxy groups -OCH3 is 1. The van der Waals surface area contributed by atoms with Gasteiger partial charge in [0.15, 0.2) is 0 Å². The van der Waals surface area contributed by atoms with Gasteiger partial charge in [0.05, 0.1) is 19.1 Å². The first-order valence-electron chi connectivity index (χ1n) is 3.94. The van der Waals surface area contributed by atoms with Gasteiger partial charge in [-0.3, -0.25) is 0 Å². The van der Waals surface area contributed by atoms with E-state index < -0.39 is 0 Å². The molecule has 0 aliphatic carbocycles. The summed E-state index contributed by atoms with van der Waals surface area (Å²) in [4.78, 5) is 10.0. The highest BCUT2D eigenvalue weighted by molar-refractivity contribution is 5.56. The summed E-state index contributed by atoms with van der Waals surface area (Å²) >= 11 is 0. The smallest absolute Gasteiger partial charge is 0.134 e. The fraction of sp³-hybridized carbons (Fsp3) is 0.182. The standard InChI is InChI=1S/C11H10O2/c1-13-11-8-3-2-6-10(11)7-4-5-9-12/h2-3,6,8-9H,5H2,1H3. The molecule has 0 fully saturated rings. The van der Waals surface area contributed by atoms with Crippen molar-refractivity contribution in [1.29, 1.82) is 0 Å². The molecule has 66 valence electrons. The van der Waals surface area contributed by atoms with Gasteiger partial charge in [-0.15, -0.1) is 0 Å². The van der Waals surface area contributed by atoms with Crippen LogP contribution in [0.15, 0.2) is 24.3 Å². The molecule has 0 heterocycles. The molecule has 0 aliphatic rings. The molecule has 0 aromatic heterocycles. The van der Waals surface area contributed by atoms with E-state index in [0.717, 1.165) is 17.6 Å². The van der Waals surface area contributed by atoms with E-state index >= 15 is 0 Å². The summed E-state index contributed by atoms with van der Waals surface area (Å²) in [6, 6.07) is 7.46. The maximum atomic E-state index is 10.0. The van der Waals surface area contributed by atoms with Crippen molar-refractivity contribution in [1.82, 2.24) is 0 Å². The molecule has 0 bridgehead atoms. The van der Waals surface area contributed by atoms with Gasteiger partial charge < -0.3 is 9.53 Å². The molecule has 0 unspecified atom stereocenters. The van der Waals surface area contributed by atoms with E-state index in [1.165, 1.54) is 0 Å². The predicted octanol–water partition coefficient (Wildman–Crippen LogP) is 1.64. The monoisotopic (exact) mass is 174 g/mol. The van der Waals surface area contributed by atoms with E-state index in [2.05, 4.69) is 11.8 Å². The van der Waals surface area contributed by atoms with Crippen molar-refractivity contribution in [3.8, 4) is 17.6 Å². The van der Waals surface area contributed by atoms with Crippen molar-refractivity contribution in [3.63, 3.8) is 0 Å². The highest BCUT2D eigenvalue weighted by atomic mass is 16.5. The number of ether oxygens (including phenoxy) is 1. The summed E-state index contributed by atoms with van der Waals surface area (Å²) < 4.78 is 5.09. The van der Waals surface area contributed by atoms with Crippen LogP contribution in [0.4, 0.5) is 0 Å². The van der Waals surface area contributed by atoms with Crippen LogP contribution in [0.3, 0.4) is 0 Å². The lowest BCUT2D eigenvalue weighted by Crippen LogP contribution is -1.86. The Morgan fingerprint density at radius 1 is 1.46 bits per heavy atom. The van der Waals surface area contributed by atoms with Crippen LogP contribution < -0.4 is 4.74 Å². The second-order valence-corrected chi connectivity index (χ2v) is 2.37. The SMILES string of the molecule is COc1ccccc1C#CCC=O. The maximum Gasteiger partial charge on any atom is 0.134 e. The third kappa shape index (κ3) is 2.64. The van der Waals surface area contributed by atoms with Gasteiger partial charge in [-0.25, -0.2) is 0 Å². The number of benzene rings is 1. The maximum absolute atomic E-state index is 10.0. The zero-order chi connectivity index (χ0) is 9.52. The number of hydrogen-bond donors (Lipinski definition) is 0. The highest BCUT2D eigenvalue weighted by Gasteiger charge is 1.95. The van der Waals surface area contributed by atoms with E-state index in [9.17, 15) is 4.79 Å². The van der Waals surface area contributed by atoms with Crippen LogP contribution in [0.2, 0.25) is 0 Å². The minimum absolute atomic E-state index is 0.262. The molecule has 1 aromatic carbocycles. The second kappa shape index (κ2) is 5.00. The Kier molecular flexibility index (Phi) is 3.59. The molecule has 0 N–H and O–H groups in total. The van der Waals surface area contributed by atoms with E-state index in [0.29, 0.717) is 0 Å². The first-order chi connectivity index (χ1) is 6.38. The van der Waals surface area contributed by atoms with Crippen LogP contribution in [-0.4, -0.2) is 13.4 Å². The summed E-state index contributed by atoms with van der Waals surface area (Å²) in [5.41, 5.74) is 0.812. The molecule has 13 heavy (non-hydrogen) atoms. The number of rotatable bonds is 2. The largest absolute Gasteiger partial charge is 0.495 e. The van der Waals surface area contributed by atoms with E-state index in [1.807, 2.05) is 24.3 Å². The van der Waals surface area contributed by atoms with Crippen LogP contribution in [0, 0.1) is 11.8 Å². The van der Waals surface area contributed by atoms with Gasteiger partial charge in [0.1, 0.15) is 12.0 Å². The molecule has 0 aliphatic heterocycles. The van der Waals surface area contributed by atoms with Crippen molar-refractivity contribution < 1.29 is 9.53 Å². The van der Waals surface area contributed by atoms with Crippen LogP contribution >= 0.6 is 0 Å². The third-order valence-corrected chi connectivity index (χ3v) is 1.52. The van der Waals surface area contributed by atoms with E-state index in [4.69, 9.17) is 4.74 Å². The molecule has 2 heteroatoms. The minimum Gasteiger partial charge on any atom is -0.495 e. The normalized spacial score (nSPS) is 8.38. The first kappa shape index (κ1) is 9.34. The summed E-state index contributed by atoms with van der Waals surface area (Å²) in [6.07, 6.45) is 1.04. The van der Waals surface area contributed by atoms with Gasteiger partial charge >= 0.3 is 0 Å². The van der Waals surface area contributed by atoms with Gasteiger partial charge in [0.25, 0.3) is 0 Å². The van der Waals surface area contributed by atoms with Crippen molar-refractivity contribution >= 4 is 6.29 Å². The fourth-order valence-corrected chi connectivity index (χ4v) is 0.936. The van der Waals surface area contributed by atoms with Gasteiger partial charge in [-0.05, 0) is 12.1 Å². The van der Waals surface area contributed by atoms with Crippen LogP contribution in [0.25, 0.3) is 0 Å². The fourth-order valence-electron chi connectivity index (χ4n) is 0.936. The van der Waals surface area contributed by atoms with E-state index in [1.54, 1.807) is 7.11 Å². The summed E-state index contributed by atoms with van der Waals surface area (Å²) in [6.45, 7) is 0. The van der Waals surface area contributed by atoms with Gasteiger partial charge in [-0.1, -0.05) is 24.0 Å². The number of carbonyl (C=O) groups excluding carboxylic acids is 1. The molecular weight excluding hydrogens is 164 g/mol. The molecule has 1 aromatic rings. The Labute approximate surface area is 77.5 Å². The Morgan fingerprint density at radius 2 is 2.23 bits per heavy atom. The van der Waals surface area contributed by atoms with Crippen molar-refractivity contribution in [2.45, 2.75) is 6.42 Å². The topological polar surface area (TPSA) is 26.3 Å². The van der Waals surface area contributed by atoms with Crippen molar-refractivity contribution in [3.05, 3.63) is 29.8 Å². The number of aldehydes is 1. The third-order valence-electron chi connectivity index (χ3n) is 1.52. The Bertz CT molecular complexity index is 345. The van der Waals surface area contributed by atoms with Crippen molar-refractivity contribution in [2.75, 3.05) is 7.11 Å². The summed E-state index contributed by atoms with van der Waals surface area (Å²) in [5.74, 6) is 6.32. The average molecular weight is 174 g/mol. The lowest BCUT2D eigenvalue weighted by molar-refractivity contribution is -0.107. The minimum atomic E-state index is 0.262. The Morgan fingerprint density at radius 3 is 2.92 bits per heavy atom. The molecule has 0 radical (unpaired) electrons. The molecular formula is C11H10O2. The zero-order valence-corrected chi connectivity index (χ0v) is 7.41. The zero-order valence-electron chi connectivity index (χ0n) is 7.41. The average Bonchev–Trinajstić information content (AvgIpc) is 2.19. The van der Waals surface area contributed by atoms with Crippen LogP contribution in [0.1, 0.15) is 12.0 Å². The van der Waals surface area contributed by atoms with Crippen LogP contribution in [0.5, 0.6) is 5.75 Å². The Balaban J connectivity index is 2.88. The lowest BCUT2D eigenvalue weighted by atomic mass is 10.2. The van der Waals surface area contributed by atoms with Gasteiger partial charge in [0, 0.05) is 0 Å². The van der Waals surface area contributed by atoms with Gasteiger partial charge in [0.2, 0.25) is 0 Å². The first-order valence-corrected chi connectivity index (χ1v) is 3.94. The molecule has 0 saturated heterocycles. The molecule has 2 nitrogen and oxygen atoms in total. The Hall–Kier alpha value is -1.75. The van der Waals surface area contributed by atoms with Crippen molar-refractivity contribution in [2.24, 2.45) is 0 Å². The van der Waals surface area contributed by atoms with Crippen LogP contribution in [-0.2, 0) is 4.79 Å². The quantitative estimate of drug-likeness (QED) is 0.503. The number of carbonyl (C=O) groups is 1. The lowest BCUT2D eigenvalue weighted by Gasteiger charge is -2.00. The van der Waals surface area contributed by atoms with Gasteiger partial charge in [-0.2, -0.15) is 0 Å². The highest BCUT2D eigenvalue weighted by Crippen LogP contribution is 2.15. The predicted molar refractivity (Wildman–Crippen MR) is 50.6 cm³/mol. The number of para-hydroxylation sites is 1. The number of hydrogen-bond acceptors (Lipinski definition) is 2. The molecule has 0 spiro atoms. The molecule has 0 saturated carbocycles. The molecule has 0 amide bonds. The second-order valence-electron chi connectivity index (χ2n) is 2.37. The van der Waals surface area contributed by atoms with E-state index in [-0.39, 0.29) is 6.42 Å². The molecule has 1 rings (SSSR count). The summed E-state index contributed by atoms with van der Waals surface area (Å²) in [5, 5.41) is 0. The summed E-state index contributed by atoms with van der Waals surface area (Å²) in [7, 11) is 1.60. The molecule has 0 atom stereocenters.